The minimum absolute atomic E-state index is 0.0494. The van der Waals surface area contributed by atoms with Crippen molar-refractivity contribution in [3.63, 3.8) is 0 Å². The third kappa shape index (κ3) is 0.997. The van der Waals surface area contributed by atoms with Gasteiger partial charge in [-0.3, -0.25) is 0 Å². The molecular weight excluding hydrogens is 87.0 g/mol. The average molecular weight is 98.1 g/mol. The van der Waals surface area contributed by atoms with Crippen molar-refractivity contribution in [2.24, 2.45) is 0 Å². The van der Waals surface area contributed by atoms with Crippen LogP contribution in [-0.2, 0) is 0 Å². The molecule has 0 spiro atoms. The molecule has 34 valence electrons. The lowest BCUT2D eigenvalue weighted by Gasteiger charge is -1.81. The summed E-state index contributed by atoms with van der Waals surface area (Å²) in [5, 5.41) is 3.25. The van der Waals surface area contributed by atoms with Crippen molar-refractivity contribution in [3.8, 4) is 0 Å². The first-order valence-electron chi connectivity index (χ1n) is 2.89. The van der Waals surface area contributed by atoms with E-state index in [4.69, 9.17) is 0 Å². The van der Waals surface area contributed by atoms with E-state index in [-0.39, 0.29) is 14.1 Å². The first-order valence-corrected chi connectivity index (χ1v) is 5.68. The summed E-state index contributed by atoms with van der Waals surface area (Å²) >= 11 is -0.0494. The summed E-state index contributed by atoms with van der Waals surface area (Å²) in [5.74, 6) is 2.48. The lowest BCUT2D eigenvalue weighted by Crippen LogP contribution is -1.94. The zero-order chi connectivity index (χ0) is 4.41. The molecule has 0 unspecified atom stereocenters. The average Bonchev–Trinajstić information content (AvgIpc) is 1.86. The van der Waals surface area contributed by atoms with Gasteiger partial charge in [-0.15, -0.1) is 5.79 Å². The van der Waals surface area contributed by atoms with Crippen LogP contribution in [0.1, 0.15) is 12.8 Å². The molecule has 1 aliphatic heterocycles. The van der Waals surface area contributed by atoms with Crippen molar-refractivity contribution < 1.29 is 0 Å². The molecule has 1 rings (SSSR count). The van der Waals surface area contributed by atoms with E-state index in [2.05, 4.69) is 5.79 Å². The van der Waals surface area contributed by atoms with E-state index in [0.29, 0.717) is 0 Å². The third-order valence-corrected chi connectivity index (χ3v) is 4.43. The van der Waals surface area contributed by atoms with Crippen LogP contribution in [0.2, 0.25) is 16.4 Å². The van der Waals surface area contributed by atoms with Gasteiger partial charge >= 0.3 is 0 Å². The van der Waals surface area contributed by atoms with Crippen LogP contribution in [0.15, 0.2) is 0 Å². The van der Waals surface area contributed by atoms with Gasteiger partial charge in [0, 0.05) is 0 Å². The summed E-state index contributed by atoms with van der Waals surface area (Å²) in [4.78, 5) is 0. The molecular formula is C5H11Al. The molecule has 1 saturated heterocycles. The van der Waals surface area contributed by atoms with Crippen LogP contribution in [0.3, 0.4) is 0 Å². The summed E-state index contributed by atoms with van der Waals surface area (Å²) in [6.45, 7) is 0. The molecule has 0 atom stereocenters. The molecule has 0 aromatic heterocycles. The van der Waals surface area contributed by atoms with Crippen LogP contribution in [0, 0.1) is 0 Å². The molecule has 1 heteroatoms. The van der Waals surface area contributed by atoms with Crippen LogP contribution >= 0.6 is 0 Å². The van der Waals surface area contributed by atoms with Gasteiger partial charge in [0.25, 0.3) is 14.1 Å². The Hall–Kier alpha value is 0.532. The Kier molecular flexibility index (Phi) is 1.56. The second kappa shape index (κ2) is 2.00. The first kappa shape index (κ1) is 4.69. The molecule has 0 aromatic rings. The lowest BCUT2D eigenvalue weighted by molar-refractivity contribution is 0.935. The van der Waals surface area contributed by atoms with Gasteiger partial charge in [0.05, 0.1) is 0 Å². The normalized spacial score (nSPS) is 22.5. The number of hydrogen-bond acceptors (Lipinski definition) is 0. The van der Waals surface area contributed by atoms with E-state index in [1.54, 1.807) is 23.4 Å². The molecule has 0 amide bonds. The lowest BCUT2D eigenvalue weighted by atomic mass is 10.4. The topological polar surface area (TPSA) is 0 Å². The third-order valence-electron chi connectivity index (χ3n) is 1.64. The molecule has 0 N–H and O–H groups in total. The Bertz CT molecular complexity index is 37.2. The SMILES string of the molecule is [CH3][Al]1[CH2]CC[CH2]1. The fourth-order valence-corrected chi connectivity index (χ4v) is 3.39. The highest BCUT2D eigenvalue weighted by molar-refractivity contribution is 6.57. The van der Waals surface area contributed by atoms with Crippen LogP contribution in [0.4, 0.5) is 0 Å². The standard InChI is InChI=1S/C4H8.CH3.Al/c1-3-4-2;;/h1-4H2;1H3;. The van der Waals surface area contributed by atoms with Gasteiger partial charge in [0.2, 0.25) is 0 Å². The van der Waals surface area contributed by atoms with Gasteiger partial charge < -0.3 is 0 Å². The fourth-order valence-electron chi connectivity index (χ4n) is 1.13. The van der Waals surface area contributed by atoms with Crippen LogP contribution < -0.4 is 0 Å². The van der Waals surface area contributed by atoms with Crippen molar-refractivity contribution >= 4 is 14.1 Å². The van der Waals surface area contributed by atoms with Gasteiger partial charge in [0.15, 0.2) is 0 Å². The van der Waals surface area contributed by atoms with Crippen LogP contribution in [0.25, 0.3) is 0 Å². The summed E-state index contributed by atoms with van der Waals surface area (Å²) in [7, 11) is 0. The fraction of sp³-hybridized carbons (Fsp3) is 1.00. The van der Waals surface area contributed by atoms with Gasteiger partial charge in [-0.25, -0.2) is 0 Å². The minimum Gasteiger partial charge on any atom is -0.106 e. The largest absolute Gasteiger partial charge is 0.258 e. The Morgan fingerprint density at radius 3 is 1.83 bits per heavy atom. The predicted molar refractivity (Wildman–Crippen MR) is 30.5 cm³/mol. The van der Waals surface area contributed by atoms with Crippen molar-refractivity contribution in [1.82, 2.24) is 0 Å². The van der Waals surface area contributed by atoms with E-state index < -0.39 is 0 Å². The quantitative estimate of drug-likeness (QED) is 0.406. The highest BCUT2D eigenvalue weighted by atomic mass is 27.2. The zero-order valence-electron chi connectivity index (χ0n) is 4.41. The van der Waals surface area contributed by atoms with E-state index in [1.807, 2.05) is 0 Å². The van der Waals surface area contributed by atoms with Crippen molar-refractivity contribution in [1.29, 1.82) is 0 Å². The van der Waals surface area contributed by atoms with Crippen molar-refractivity contribution in [2.75, 3.05) is 0 Å². The Morgan fingerprint density at radius 2 is 1.67 bits per heavy atom. The maximum absolute atomic E-state index is 2.48. The van der Waals surface area contributed by atoms with E-state index in [0.717, 1.165) is 0 Å². The van der Waals surface area contributed by atoms with Gasteiger partial charge in [-0.05, 0) is 0 Å². The molecule has 0 nitrogen and oxygen atoms in total. The first-order chi connectivity index (χ1) is 2.89. The maximum Gasteiger partial charge on any atom is 0.258 e. The van der Waals surface area contributed by atoms with Gasteiger partial charge in [0.1, 0.15) is 0 Å². The second-order valence-electron chi connectivity index (χ2n) is 2.39. The summed E-state index contributed by atoms with van der Waals surface area (Å²) in [6, 6.07) is 0. The zero-order valence-corrected chi connectivity index (χ0v) is 5.56. The number of hydrogen-bond donors (Lipinski definition) is 0. The molecule has 6 heavy (non-hydrogen) atoms. The monoisotopic (exact) mass is 98.1 g/mol. The summed E-state index contributed by atoms with van der Waals surface area (Å²) in [5.41, 5.74) is 0. The van der Waals surface area contributed by atoms with E-state index in [1.165, 1.54) is 0 Å². The van der Waals surface area contributed by atoms with Gasteiger partial charge in [-0.1, -0.05) is 23.4 Å². The highest BCUT2D eigenvalue weighted by Gasteiger charge is 2.14. The Labute approximate surface area is 43.9 Å². The van der Waals surface area contributed by atoms with Crippen molar-refractivity contribution in [2.45, 2.75) is 29.2 Å². The highest BCUT2D eigenvalue weighted by Crippen LogP contribution is 2.17. The van der Waals surface area contributed by atoms with Gasteiger partial charge in [-0.2, -0.15) is 0 Å². The minimum atomic E-state index is -0.0494. The molecule has 1 fully saturated rings. The summed E-state index contributed by atoms with van der Waals surface area (Å²) < 4.78 is 0. The smallest absolute Gasteiger partial charge is 0.106 e. The molecule has 0 aromatic carbocycles. The van der Waals surface area contributed by atoms with Crippen LogP contribution in [0.5, 0.6) is 0 Å². The Balaban J connectivity index is 2.18. The summed E-state index contributed by atoms with van der Waals surface area (Å²) in [6.07, 6.45) is 3.10. The number of rotatable bonds is 0. The molecule has 0 aliphatic carbocycles. The molecule has 1 aliphatic rings. The maximum atomic E-state index is 2.48. The molecule has 0 saturated carbocycles. The second-order valence-corrected chi connectivity index (χ2v) is 5.75. The molecule has 1 heterocycles. The predicted octanol–water partition coefficient (Wildman–Crippen LogP) is 1.90. The molecule has 0 bridgehead atoms. The van der Waals surface area contributed by atoms with E-state index in [9.17, 15) is 0 Å². The molecule has 0 radical (unpaired) electrons. The van der Waals surface area contributed by atoms with Crippen LogP contribution in [-0.4, -0.2) is 14.1 Å². The van der Waals surface area contributed by atoms with E-state index >= 15 is 0 Å². The van der Waals surface area contributed by atoms with Crippen molar-refractivity contribution in [3.05, 3.63) is 0 Å². The Morgan fingerprint density at radius 1 is 1.17 bits per heavy atom.